The molecule has 24 heavy (non-hydrogen) atoms. The minimum Gasteiger partial charge on any atom is -0.326 e. The van der Waals surface area contributed by atoms with Crippen LogP contribution in [0, 0.1) is 6.92 Å². The molecule has 0 spiro atoms. The van der Waals surface area contributed by atoms with Gasteiger partial charge >= 0.3 is 0 Å². The van der Waals surface area contributed by atoms with Crippen LogP contribution in [-0.4, -0.2) is 31.7 Å². The van der Waals surface area contributed by atoms with Gasteiger partial charge in [-0.3, -0.25) is 4.79 Å². The molecule has 2 aromatic rings. The first-order valence-corrected chi connectivity index (χ1v) is 10.1. The number of rotatable bonds is 7. The molecule has 1 heterocycles. The van der Waals surface area contributed by atoms with Crippen molar-refractivity contribution in [3.63, 3.8) is 0 Å². The Morgan fingerprint density at radius 1 is 1.21 bits per heavy atom. The first kappa shape index (κ1) is 18.6. The van der Waals surface area contributed by atoms with Crippen LogP contribution >= 0.6 is 11.3 Å². The van der Waals surface area contributed by atoms with E-state index in [4.69, 9.17) is 0 Å². The van der Waals surface area contributed by atoms with E-state index >= 15 is 0 Å². The third-order valence-electron chi connectivity index (χ3n) is 3.71. The van der Waals surface area contributed by atoms with Crippen LogP contribution < -0.4 is 5.32 Å². The molecule has 7 heteroatoms. The maximum absolute atomic E-state index is 12.7. The van der Waals surface area contributed by atoms with Crippen LogP contribution in [0.5, 0.6) is 0 Å². The largest absolute Gasteiger partial charge is 0.326 e. The number of hydrogen-bond acceptors (Lipinski definition) is 4. The number of nitrogens with zero attached hydrogens (tertiary/aromatic N) is 1. The Bertz CT molecular complexity index is 795. The number of anilines is 1. The fourth-order valence-corrected chi connectivity index (χ4v) is 4.85. The molecule has 1 aromatic heterocycles. The zero-order chi connectivity index (χ0) is 17.7. The fraction of sp³-hybridized carbons (Fsp3) is 0.353. The van der Waals surface area contributed by atoms with E-state index in [1.54, 1.807) is 19.1 Å². The van der Waals surface area contributed by atoms with Crippen molar-refractivity contribution in [2.45, 2.75) is 32.1 Å². The number of nitrogens with one attached hydrogen (secondary N) is 1. The third kappa shape index (κ3) is 4.23. The Morgan fingerprint density at radius 2 is 1.92 bits per heavy atom. The number of carbonyl (C=O) groups is 1. The molecule has 1 N–H and O–H groups in total. The molecule has 1 aromatic carbocycles. The number of thiophene rings is 1. The van der Waals surface area contributed by atoms with Gasteiger partial charge in [-0.25, -0.2) is 8.42 Å². The summed E-state index contributed by atoms with van der Waals surface area (Å²) in [7, 11) is -3.56. The Balaban J connectivity index is 2.23. The van der Waals surface area contributed by atoms with Crippen molar-refractivity contribution in [1.82, 2.24) is 4.31 Å². The van der Waals surface area contributed by atoms with E-state index in [1.807, 2.05) is 31.4 Å². The molecule has 0 aliphatic rings. The van der Waals surface area contributed by atoms with E-state index < -0.39 is 10.0 Å². The summed E-state index contributed by atoms with van der Waals surface area (Å²) in [6.07, 6.45) is 0.281. The third-order valence-corrected chi connectivity index (χ3v) is 6.78. The maximum atomic E-state index is 12.7. The van der Waals surface area contributed by atoms with Crippen molar-refractivity contribution in [3.05, 3.63) is 46.2 Å². The number of benzene rings is 1. The number of carbonyl (C=O) groups excluding carboxylic acids is 1. The topological polar surface area (TPSA) is 66.5 Å². The summed E-state index contributed by atoms with van der Waals surface area (Å²) in [6.45, 7) is 6.19. The van der Waals surface area contributed by atoms with Crippen LogP contribution in [0.2, 0.25) is 0 Å². The monoisotopic (exact) mass is 366 g/mol. The zero-order valence-electron chi connectivity index (χ0n) is 14.1. The Morgan fingerprint density at radius 3 is 2.50 bits per heavy atom. The van der Waals surface area contributed by atoms with Crippen molar-refractivity contribution in [2.24, 2.45) is 0 Å². The van der Waals surface area contributed by atoms with Crippen LogP contribution in [-0.2, 0) is 21.2 Å². The van der Waals surface area contributed by atoms with Gasteiger partial charge in [-0.2, -0.15) is 4.31 Å². The Labute approximate surface area is 147 Å². The number of aryl methyl sites for hydroxylation is 1. The van der Waals surface area contributed by atoms with Crippen molar-refractivity contribution < 1.29 is 13.2 Å². The molecule has 2 rings (SSSR count). The summed E-state index contributed by atoms with van der Waals surface area (Å²) in [5.74, 6) is -0.160. The van der Waals surface area contributed by atoms with Gasteiger partial charge < -0.3 is 5.32 Å². The molecule has 5 nitrogen and oxygen atoms in total. The van der Waals surface area contributed by atoms with Crippen molar-refractivity contribution >= 4 is 33.0 Å². The molecule has 0 fully saturated rings. The standard InChI is InChI=1S/C17H22N2O3S2/c1-4-19(5-2)24(21,22)16-11-14(9-8-13(16)3)18-17(20)12-15-7-6-10-23-15/h6-11H,4-5,12H2,1-3H3,(H,18,20). The Hall–Kier alpha value is -1.70. The Kier molecular flexibility index (Phi) is 6.15. The molecule has 0 saturated heterocycles. The van der Waals surface area contributed by atoms with Gasteiger partial charge in [0.25, 0.3) is 0 Å². The molecule has 130 valence electrons. The van der Waals surface area contributed by atoms with Gasteiger partial charge in [-0.1, -0.05) is 26.0 Å². The van der Waals surface area contributed by atoms with Gasteiger partial charge in [0.05, 0.1) is 11.3 Å². The first-order valence-electron chi connectivity index (χ1n) is 7.81. The van der Waals surface area contributed by atoms with E-state index in [0.29, 0.717) is 24.3 Å². The van der Waals surface area contributed by atoms with Gasteiger partial charge in [0, 0.05) is 23.7 Å². The van der Waals surface area contributed by atoms with Crippen LogP contribution in [0.3, 0.4) is 0 Å². The average molecular weight is 367 g/mol. The molecule has 0 unspecified atom stereocenters. The quantitative estimate of drug-likeness (QED) is 0.818. The van der Waals surface area contributed by atoms with E-state index in [2.05, 4.69) is 5.32 Å². The van der Waals surface area contributed by atoms with Crippen molar-refractivity contribution in [1.29, 1.82) is 0 Å². The molecule has 0 atom stereocenters. The summed E-state index contributed by atoms with van der Waals surface area (Å²) in [4.78, 5) is 13.3. The predicted octanol–water partition coefficient (Wildman–Crippen LogP) is 3.27. The number of amides is 1. The summed E-state index contributed by atoms with van der Waals surface area (Å²) in [5, 5.41) is 4.70. The van der Waals surface area contributed by atoms with Gasteiger partial charge in [-0.05, 0) is 36.1 Å². The summed E-state index contributed by atoms with van der Waals surface area (Å²) >= 11 is 1.52. The molecule has 1 amide bonds. The average Bonchev–Trinajstić information content (AvgIpc) is 3.02. The first-order chi connectivity index (χ1) is 11.4. The lowest BCUT2D eigenvalue weighted by Crippen LogP contribution is -2.31. The van der Waals surface area contributed by atoms with Crippen LogP contribution in [0.25, 0.3) is 0 Å². The minimum atomic E-state index is -3.56. The van der Waals surface area contributed by atoms with Gasteiger partial charge in [-0.15, -0.1) is 11.3 Å². The summed E-state index contributed by atoms with van der Waals surface area (Å²) in [6, 6.07) is 8.78. The van der Waals surface area contributed by atoms with Gasteiger partial charge in [0.2, 0.25) is 15.9 Å². The van der Waals surface area contributed by atoms with E-state index in [9.17, 15) is 13.2 Å². The highest BCUT2D eigenvalue weighted by molar-refractivity contribution is 7.89. The number of sulfonamides is 1. The van der Waals surface area contributed by atoms with Gasteiger partial charge in [0.15, 0.2) is 0 Å². The molecule has 0 saturated carbocycles. The van der Waals surface area contributed by atoms with Crippen LogP contribution in [0.1, 0.15) is 24.3 Å². The van der Waals surface area contributed by atoms with E-state index in [1.165, 1.54) is 21.7 Å². The van der Waals surface area contributed by atoms with Gasteiger partial charge in [0.1, 0.15) is 0 Å². The highest BCUT2D eigenvalue weighted by atomic mass is 32.2. The lowest BCUT2D eigenvalue weighted by atomic mass is 10.2. The van der Waals surface area contributed by atoms with Crippen molar-refractivity contribution in [3.8, 4) is 0 Å². The van der Waals surface area contributed by atoms with E-state index in [0.717, 1.165) is 4.88 Å². The molecular weight excluding hydrogens is 344 g/mol. The van der Waals surface area contributed by atoms with E-state index in [-0.39, 0.29) is 17.2 Å². The van der Waals surface area contributed by atoms with Crippen molar-refractivity contribution in [2.75, 3.05) is 18.4 Å². The predicted molar refractivity (Wildman–Crippen MR) is 97.9 cm³/mol. The second kappa shape index (κ2) is 7.92. The summed E-state index contributed by atoms with van der Waals surface area (Å²) < 4.78 is 26.9. The molecule has 0 radical (unpaired) electrons. The number of hydrogen-bond donors (Lipinski definition) is 1. The molecule has 0 aliphatic carbocycles. The minimum absolute atomic E-state index is 0.160. The zero-order valence-corrected chi connectivity index (χ0v) is 15.7. The second-order valence-electron chi connectivity index (χ2n) is 5.37. The molecule has 0 aliphatic heterocycles. The smallest absolute Gasteiger partial charge is 0.243 e. The maximum Gasteiger partial charge on any atom is 0.243 e. The van der Waals surface area contributed by atoms with Crippen LogP contribution in [0.15, 0.2) is 40.6 Å². The highest BCUT2D eigenvalue weighted by Gasteiger charge is 2.24. The SMILES string of the molecule is CCN(CC)S(=O)(=O)c1cc(NC(=O)Cc2cccs2)ccc1C. The molecular formula is C17H22N2O3S2. The lowest BCUT2D eigenvalue weighted by Gasteiger charge is -2.20. The highest BCUT2D eigenvalue weighted by Crippen LogP contribution is 2.24. The second-order valence-corrected chi connectivity index (χ2v) is 8.31. The lowest BCUT2D eigenvalue weighted by molar-refractivity contribution is -0.115. The van der Waals surface area contributed by atoms with Crippen LogP contribution in [0.4, 0.5) is 5.69 Å². The summed E-state index contributed by atoms with van der Waals surface area (Å²) in [5.41, 5.74) is 1.16. The fourth-order valence-electron chi connectivity index (χ4n) is 2.43. The normalized spacial score (nSPS) is 11.7. The molecule has 0 bridgehead atoms.